The molecule has 0 amide bonds. The first-order valence-corrected chi connectivity index (χ1v) is 7.58. The van der Waals surface area contributed by atoms with Gasteiger partial charge in [0.2, 0.25) is 11.7 Å². The molecule has 0 unspecified atom stereocenters. The Kier molecular flexibility index (Phi) is 4.62. The molecule has 21 heavy (non-hydrogen) atoms. The van der Waals surface area contributed by atoms with Crippen LogP contribution in [0.15, 0.2) is 34.9 Å². The minimum Gasteiger partial charge on any atom is -0.338 e. The maximum absolute atomic E-state index is 5.36. The predicted octanol–water partition coefficient (Wildman–Crippen LogP) is 2.17. The molecule has 112 valence electrons. The van der Waals surface area contributed by atoms with E-state index in [9.17, 15) is 0 Å². The molecule has 1 fully saturated rings. The fraction of sp³-hybridized carbons (Fsp3) is 0.500. The van der Waals surface area contributed by atoms with Crippen molar-refractivity contribution in [3.8, 4) is 11.4 Å². The standard InChI is InChI=1S/C16H22N4O/c1-20(11-13-7-9-17-10-8-13)12-15-18-16(19-21-15)14-5-3-2-4-6-14/h2-6,13,17H,7-12H2,1H3. The number of aromatic nitrogens is 2. The smallest absolute Gasteiger partial charge is 0.241 e. The number of piperidine rings is 1. The summed E-state index contributed by atoms with van der Waals surface area (Å²) in [5.41, 5.74) is 0.994. The molecule has 1 aliphatic rings. The fourth-order valence-electron chi connectivity index (χ4n) is 2.82. The van der Waals surface area contributed by atoms with Crippen molar-refractivity contribution in [1.82, 2.24) is 20.4 Å². The second-order valence-electron chi connectivity index (χ2n) is 5.77. The Morgan fingerprint density at radius 2 is 2.00 bits per heavy atom. The number of nitrogens with one attached hydrogen (secondary N) is 1. The molecule has 2 aromatic rings. The average molecular weight is 286 g/mol. The summed E-state index contributed by atoms with van der Waals surface area (Å²) < 4.78 is 5.36. The van der Waals surface area contributed by atoms with Crippen LogP contribution in [0.4, 0.5) is 0 Å². The third-order valence-electron chi connectivity index (χ3n) is 3.93. The SMILES string of the molecule is CN(Cc1nc(-c2ccccc2)no1)CC1CCNCC1. The van der Waals surface area contributed by atoms with Crippen LogP contribution in [0.5, 0.6) is 0 Å². The molecule has 0 aliphatic carbocycles. The summed E-state index contributed by atoms with van der Waals surface area (Å²) in [6.45, 7) is 4.07. The lowest BCUT2D eigenvalue weighted by Gasteiger charge is -2.26. The molecule has 1 aromatic heterocycles. The maximum atomic E-state index is 5.36. The summed E-state index contributed by atoms with van der Waals surface area (Å²) in [5.74, 6) is 2.12. The number of hydrogen-bond acceptors (Lipinski definition) is 5. The predicted molar refractivity (Wildman–Crippen MR) is 81.7 cm³/mol. The van der Waals surface area contributed by atoms with Crippen LogP contribution in [-0.2, 0) is 6.54 Å². The number of benzene rings is 1. The first-order valence-electron chi connectivity index (χ1n) is 7.58. The van der Waals surface area contributed by atoms with E-state index in [1.54, 1.807) is 0 Å². The molecule has 0 bridgehead atoms. The molecule has 1 aromatic carbocycles. The van der Waals surface area contributed by atoms with Gasteiger partial charge >= 0.3 is 0 Å². The minimum absolute atomic E-state index is 0.667. The quantitative estimate of drug-likeness (QED) is 0.913. The van der Waals surface area contributed by atoms with E-state index in [2.05, 4.69) is 27.4 Å². The van der Waals surface area contributed by atoms with E-state index in [-0.39, 0.29) is 0 Å². The van der Waals surface area contributed by atoms with Crippen LogP contribution in [0, 0.1) is 5.92 Å². The Morgan fingerprint density at radius 1 is 1.24 bits per heavy atom. The second kappa shape index (κ2) is 6.83. The number of nitrogens with zero attached hydrogens (tertiary/aromatic N) is 3. The second-order valence-corrected chi connectivity index (χ2v) is 5.77. The molecule has 2 heterocycles. The van der Waals surface area contributed by atoms with Crippen LogP contribution in [0.1, 0.15) is 18.7 Å². The van der Waals surface area contributed by atoms with Crippen LogP contribution >= 0.6 is 0 Å². The highest BCUT2D eigenvalue weighted by molar-refractivity contribution is 5.53. The summed E-state index contributed by atoms with van der Waals surface area (Å²) in [7, 11) is 2.12. The van der Waals surface area contributed by atoms with E-state index in [0.29, 0.717) is 18.3 Å². The molecule has 1 aliphatic heterocycles. The van der Waals surface area contributed by atoms with E-state index in [0.717, 1.165) is 31.1 Å². The van der Waals surface area contributed by atoms with Gasteiger partial charge in [0.25, 0.3) is 0 Å². The van der Waals surface area contributed by atoms with Crippen molar-refractivity contribution in [2.45, 2.75) is 19.4 Å². The van der Waals surface area contributed by atoms with Gasteiger partial charge in [0.1, 0.15) is 0 Å². The third-order valence-corrected chi connectivity index (χ3v) is 3.93. The molecule has 0 atom stereocenters. The molecule has 3 rings (SSSR count). The molecule has 1 saturated heterocycles. The van der Waals surface area contributed by atoms with Crippen molar-refractivity contribution in [2.24, 2.45) is 5.92 Å². The molecule has 5 heteroatoms. The molecule has 0 radical (unpaired) electrons. The highest BCUT2D eigenvalue weighted by Crippen LogP contribution is 2.17. The molecular weight excluding hydrogens is 264 g/mol. The molecule has 0 spiro atoms. The van der Waals surface area contributed by atoms with Crippen molar-refractivity contribution in [1.29, 1.82) is 0 Å². The van der Waals surface area contributed by atoms with Crippen molar-refractivity contribution in [3.05, 3.63) is 36.2 Å². The van der Waals surface area contributed by atoms with Gasteiger partial charge in [-0.15, -0.1) is 0 Å². The van der Waals surface area contributed by atoms with E-state index in [1.807, 2.05) is 30.3 Å². The van der Waals surface area contributed by atoms with Gasteiger partial charge < -0.3 is 9.84 Å². The lowest BCUT2D eigenvalue weighted by Crippen LogP contribution is -2.34. The number of rotatable bonds is 5. The largest absolute Gasteiger partial charge is 0.338 e. The van der Waals surface area contributed by atoms with Gasteiger partial charge in [-0.05, 0) is 38.9 Å². The summed E-state index contributed by atoms with van der Waals surface area (Å²) in [4.78, 5) is 6.76. The average Bonchev–Trinajstić information content (AvgIpc) is 2.97. The van der Waals surface area contributed by atoms with E-state index < -0.39 is 0 Å². The van der Waals surface area contributed by atoms with Gasteiger partial charge in [-0.3, -0.25) is 4.90 Å². The Bertz CT molecular complexity index is 548. The highest BCUT2D eigenvalue weighted by atomic mass is 16.5. The first-order chi connectivity index (χ1) is 10.3. The van der Waals surface area contributed by atoms with E-state index >= 15 is 0 Å². The monoisotopic (exact) mass is 286 g/mol. The van der Waals surface area contributed by atoms with Gasteiger partial charge in [0.15, 0.2) is 0 Å². The third kappa shape index (κ3) is 3.89. The fourth-order valence-corrected chi connectivity index (χ4v) is 2.82. The summed E-state index contributed by atoms with van der Waals surface area (Å²) in [6, 6.07) is 9.93. The van der Waals surface area contributed by atoms with Crippen LogP contribution in [0.3, 0.4) is 0 Å². The number of hydrogen-bond donors (Lipinski definition) is 1. The Hall–Kier alpha value is -1.72. The van der Waals surface area contributed by atoms with Crippen LogP contribution in [0.25, 0.3) is 11.4 Å². The summed E-state index contributed by atoms with van der Waals surface area (Å²) in [5, 5.41) is 7.46. The van der Waals surface area contributed by atoms with Crippen molar-refractivity contribution < 1.29 is 4.52 Å². The van der Waals surface area contributed by atoms with Crippen molar-refractivity contribution in [3.63, 3.8) is 0 Å². The normalized spacial score (nSPS) is 16.5. The van der Waals surface area contributed by atoms with Crippen LogP contribution < -0.4 is 5.32 Å². The Labute approximate surface area is 125 Å². The van der Waals surface area contributed by atoms with Gasteiger partial charge in [-0.25, -0.2) is 0 Å². The topological polar surface area (TPSA) is 54.2 Å². The lowest BCUT2D eigenvalue weighted by molar-refractivity contribution is 0.210. The Morgan fingerprint density at radius 3 is 2.76 bits per heavy atom. The van der Waals surface area contributed by atoms with Crippen LogP contribution in [-0.4, -0.2) is 41.7 Å². The van der Waals surface area contributed by atoms with Gasteiger partial charge in [0, 0.05) is 12.1 Å². The molecule has 1 N–H and O–H groups in total. The summed E-state index contributed by atoms with van der Waals surface area (Å²) in [6.07, 6.45) is 2.51. The van der Waals surface area contributed by atoms with E-state index in [1.165, 1.54) is 12.8 Å². The first kappa shape index (κ1) is 14.2. The Balaban J connectivity index is 1.56. The zero-order valence-corrected chi connectivity index (χ0v) is 12.5. The van der Waals surface area contributed by atoms with Crippen molar-refractivity contribution >= 4 is 0 Å². The van der Waals surface area contributed by atoms with E-state index in [4.69, 9.17) is 4.52 Å². The highest BCUT2D eigenvalue weighted by Gasteiger charge is 2.17. The van der Waals surface area contributed by atoms with Crippen LogP contribution in [0.2, 0.25) is 0 Å². The van der Waals surface area contributed by atoms with Gasteiger partial charge in [0.05, 0.1) is 6.54 Å². The molecule has 5 nitrogen and oxygen atoms in total. The lowest BCUT2D eigenvalue weighted by atomic mass is 9.98. The molecule has 0 saturated carbocycles. The zero-order valence-electron chi connectivity index (χ0n) is 12.5. The molecular formula is C16H22N4O. The summed E-state index contributed by atoms with van der Waals surface area (Å²) >= 11 is 0. The maximum Gasteiger partial charge on any atom is 0.241 e. The minimum atomic E-state index is 0.667. The zero-order chi connectivity index (χ0) is 14.5. The van der Waals surface area contributed by atoms with Crippen molar-refractivity contribution in [2.75, 3.05) is 26.7 Å². The van der Waals surface area contributed by atoms with Gasteiger partial charge in [-0.1, -0.05) is 35.5 Å². The van der Waals surface area contributed by atoms with Gasteiger partial charge in [-0.2, -0.15) is 4.98 Å².